The van der Waals surface area contributed by atoms with Gasteiger partial charge in [0.15, 0.2) is 0 Å². The Morgan fingerprint density at radius 1 is 1.23 bits per heavy atom. The van der Waals surface area contributed by atoms with E-state index in [1.807, 2.05) is 38.1 Å². The van der Waals surface area contributed by atoms with Crippen LogP contribution in [0.15, 0.2) is 53.6 Å². The topological polar surface area (TPSA) is 71.5 Å². The molecule has 0 aliphatic heterocycles. The summed E-state index contributed by atoms with van der Waals surface area (Å²) >= 11 is 1.39. The number of aromatic nitrogens is 1. The number of carbonyl (C=O) groups is 1. The summed E-state index contributed by atoms with van der Waals surface area (Å²) in [6.45, 7) is 3.86. The number of nitrogens with zero attached hydrogens (tertiary/aromatic N) is 1. The lowest BCUT2D eigenvalue weighted by atomic mass is 10.1. The number of phenols is 1. The van der Waals surface area contributed by atoms with Gasteiger partial charge in [0.05, 0.1) is 17.4 Å². The molecule has 134 valence electrons. The maximum absolute atomic E-state index is 12.4. The average Bonchev–Trinajstić information content (AvgIpc) is 2.63. The summed E-state index contributed by atoms with van der Waals surface area (Å²) in [5.41, 5.74) is 2.52. The van der Waals surface area contributed by atoms with Crippen LogP contribution in [-0.4, -0.2) is 28.4 Å². The van der Waals surface area contributed by atoms with E-state index >= 15 is 0 Å². The second-order valence-corrected chi connectivity index (χ2v) is 7.29. The molecule has 0 saturated carbocycles. The molecule has 3 rings (SSSR count). The number of hydrogen-bond acceptors (Lipinski definition) is 5. The van der Waals surface area contributed by atoms with Crippen LogP contribution in [-0.2, 0) is 4.79 Å². The first-order valence-corrected chi connectivity index (χ1v) is 9.07. The second-order valence-electron chi connectivity index (χ2n) is 5.93. The van der Waals surface area contributed by atoms with E-state index in [-0.39, 0.29) is 16.9 Å². The number of carbonyl (C=O) groups excluding carboxylic acids is 1. The number of aromatic hydroxyl groups is 1. The fraction of sp³-hybridized carbons (Fsp3) is 0.200. The summed E-state index contributed by atoms with van der Waals surface area (Å²) in [6, 6.07) is 14.2. The number of fused-ring (bicyclic) bond motifs is 1. The molecule has 26 heavy (non-hydrogen) atoms. The smallest absolute Gasteiger partial charge is 0.237 e. The lowest BCUT2D eigenvalue weighted by Crippen LogP contribution is -2.22. The Hall–Kier alpha value is -2.73. The zero-order chi connectivity index (χ0) is 18.7. The van der Waals surface area contributed by atoms with Gasteiger partial charge in [0, 0.05) is 11.1 Å². The maximum Gasteiger partial charge on any atom is 0.237 e. The van der Waals surface area contributed by atoms with Crippen molar-refractivity contribution in [3.63, 3.8) is 0 Å². The third-order valence-electron chi connectivity index (χ3n) is 4.01. The molecule has 1 unspecified atom stereocenters. The van der Waals surface area contributed by atoms with Crippen molar-refractivity contribution in [2.45, 2.75) is 24.1 Å². The molecule has 2 aromatic carbocycles. The van der Waals surface area contributed by atoms with E-state index in [9.17, 15) is 9.90 Å². The second kappa shape index (κ2) is 7.66. The number of rotatable bonds is 5. The van der Waals surface area contributed by atoms with E-state index in [0.29, 0.717) is 11.4 Å². The normalized spacial score (nSPS) is 12.0. The lowest BCUT2D eigenvalue weighted by Gasteiger charge is -2.13. The molecule has 6 heteroatoms. The molecule has 0 spiro atoms. The molecule has 2 N–H and O–H groups in total. The monoisotopic (exact) mass is 368 g/mol. The van der Waals surface area contributed by atoms with Crippen LogP contribution in [0, 0.1) is 6.92 Å². The molecule has 0 bridgehead atoms. The summed E-state index contributed by atoms with van der Waals surface area (Å²) in [6.07, 6.45) is 0. The number of pyridine rings is 1. The third kappa shape index (κ3) is 3.91. The Labute approximate surface area is 156 Å². The van der Waals surface area contributed by atoms with Crippen molar-refractivity contribution < 1.29 is 14.6 Å². The number of phenolic OH excluding ortho intramolecular Hbond substituents is 1. The van der Waals surface area contributed by atoms with Gasteiger partial charge < -0.3 is 15.2 Å². The minimum atomic E-state index is -0.331. The number of hydrogen-bond donors (Lipinski definition) is 2. The number of anilines is 1. The number of para-hydroxylation sites is 1. The van der Waals surface area contributed by atoms with Crippen molar-refractivity contribution in [3.05, 3.63) is 54.1 Å². The highest BCUT2D eigenvalue weighted by Gasteiger charge is 2.17. The van der Waals surface area contributed by atoms with E-state index in [1.165, 1.54) is 23.9 Å². The number of thioether (sulfide) groups is 1. The molecule has 0 saturated heterocycles. The summed E-state index contributed by atoms with van der Waals surface area (Å²) in [5.74, 6) is 0.754. The van der Waals surface area contributed by atoms with Gasteiger partial charge in [-0.25, -0.2) is 4.98 Å². The summed E-state index contributed by atoms with van der Waals surface area (Å²) in [7, 11) is 1.62. The Bertz CT molecular complexity index is 942. The van der Waals surface area contributed by atoms with E-state index in [1.54, 1.807) is 19.2 Å². The lowest BCUT2D eigenvalue weighted by molar-refractivity contribution is -0.115. The van der Waals surface area contributed by atoms with Crippen molar-refractivity contribution in [1.82, 2.24) is 4.98 Å². The highest BCUT2D eigenvalue weighted by Crippen LogP contribution is 2.31. The predicted molar refractivity (Wildman–Crippen MR) is 105 cm³/mol. The number of nitrogens with one attached hydrogen (secondary N) is 1. The van der Waals surface area contributed by atoms with Crippen LogP contribution in [0.5, 0.6) is 11.5 Å². The maximum atomic E-state index is 12.4. The Morgan fingerprint density at radius 3 is 2.65 bits per heavy atom. The van der Waals surface area contributed by atoms with Crippen LogP contribution >= 0.6 is 11.8 Å². The van der Waals surface area contributed by atoms with Crippen LogP contribution in [0.25, 0.3) is 10.9 Å². The number of methoxy groups -OCH3 is 1. The van der Waals surface area contributed by atoms with E-state index in [4.69, 9.17) is 4.74 Å². The first-order chi connectivity index (χ1) is 12.5. The number of amides is 1. The van der Waals surface area contributed by atoms with Gasteiger partial charge in [0.2, 0.25) is 5.91 Å². The molecular weight excluding hydrogens is 348 g/mol. The summed E-state index contributed by atoms with van der Waals surface area (Å²) in [4.78, 5) is 17.1. The Kier molecular flexibility index (Phi) is 5.32. The van der Waals surface area contributed by atoms with Gasteiger partial charge in [-0.05, 0) is 55.8 Å². The van der Waals surface area contributed by atoms with Gasteiger partial charge >= 0.3 is 0 Å². The molecule has 1 aromatic heterocycles. The van der Waals surface area contributed by atoms with Crippen LogP contribution in [0.4, 0.5) is 5.69 Å². The summed E-state index contributed by atoms with van der Waals surface area (Å²) in [5, 5.41) is 13.6. The number of aryl methyl sites for hydroxylation is 1. The molecule has 1 atom stereocenters. The zero-order valence-electron chi connectivity index (χ0n) is 14.8. The van der Waals surface area contributed by atoms with E-state index in [0.717, 1.165) is 21.5 Å². The Morgan fingerprint density at radius 2 is 1.96 bits per heavy atom. The highest BCUT2D eigenvalue weighted by atomic mass is 32.2. The van der Waals surface area contributed by atoms with Gasteiger partial charge in [-0.15, -0.1) is 0 Å². The molecule has 0 aliphatic carbocycles. The highest BCUT2D eigenvalue weighted by molar-refractivity contribution is 8.00. The minimum absolute atomic E-state index is 0.125. The molecule has 5 nitrogen and oxygen atoms in total. The molecule has 0 fully saturated rings. The molecule has 1 heterocycles. The van der Waals surface area contributed by atoms with E-state index in [2.05, 4.69) is 10.3 Å². The third-order valence-corrected chi connectivity index (χ3v) is 5.03. The first kappa shape index (κ1) is 18.1. The predicted octanol–water partition coefficient (Wildman–Crippen LogP) is 4.38. The van der Waals surface area contributed by atoms with E-state index < -0.39 is 0 Å². The first-order valence-electron chi connectivity index (χ1n) is 8.19. The van der Waals surface area contributed by atoms with Crippen molar-refractivity contribution in [2.24, 2.45) is 0 Å². The average molecular weight is 368 g/mol. The van der Waals surface area contributed by atoms with Crippen molar-refractivity contribution >= 4 is 34.3 Å². The van der Waals surface area contributed by atoms with Crippen LogP contribution in [0.1, 0.15) is 12.5 Å². The van der Waals surface area contributed by atoms with Crippen molar-refractivity contribution in [2.75, 3.05) is 12.4 Å². The Balaban J connectivity index is 1.79. The van der Waals surface area contributed by atoms with Gasteiger partial charge in [0.1, 0.15) is 17.0 Å². The van der Waals surface area contributed by atoms with Gasteiger partial charge in [0.25, 0.3) is 0 Å². The minimum Gasteiger partial charge on any atom is -0.508 e. The molecule has 3 aromatic rings. The van der Waals surface area contributed by atoms with Gasteiger partial charge in [-0.2, -0.15) is 0 Å². The SMILES string of the molecule is COc1cccc2c(C)cc(SC(C)C(=O)Nc3ccc(O)cc3)nc12. The molecular formula is C20H20N2O3S. The standard InChI is InChI=1S/C20H20N2O3S/c1-12-11-18(22-19-16(12)5-4-6-17(19)25-3)26-13(2)20(24)21-14-7-9-15(23)10-8-14/h4-11,13,23H,1-3H3,(H,21,24). The fourth-order valence-electron chi connectivity index (χ4n) is 2.61. The fourth-order valence-corrected chi connectivity index (χ4v) is 3.53. The van der Waals surface area contributed by atoms with Crippen molar-refractivity contribution in [1.29, 1.82) is 0 Å². The van der Waals surface area contributed by atoms with Crippen LogP contribution < -0.4 is 10.1 Å². The van der Waals surface area contributed by atoms with Crippen molar-refractivity contribution in [3.8, 4) is 11.5 Å². The summed E-state index contributed by atoms with van der Waals surface area (Å²) < 4.78 is 5.41. The molecule has 0 radical (unpaired) electrons. The number of benzene rings is 2. The molecule has 1 amide bonds. The largest absolute Gasteiger partial charge is 0.508 e. The zero-order valence-corrected chi connectivity index (χ0v) is 15.6. The van der Waals surface area contributed by atoms with Gasteiger partial charge in [-0.1, -0.05) is 23.9 Å². The van der Waals surface area contributed by atoms with Gasteiger partial charge in [-0.3, -0.25) is 4.79 Å². The van der Waals surface area contributed by atoms with Crippen LogP contribution in [0.2, 0.25) is 0 Å². The quantitative estimate of drug-likeness (QED) is 0.517. The number of ether oxygens (including phenoxy) is 1. The van der Waals surface area contributed by atoms with Crippen LogP contribution in [0.3, 0.4) is 0 Å². The molecule has 0 aliphatic rings.